The molecule has 0 unspecified atom stereocenters. The number of likely N-dealkylation sites (tertiary alicyclic amines) is 1. The Morgan fingerprint density at radius 2 is 1.71 bits per heavy atom. The van der Waals surface area contributed by atoms with Crippen LogP contribution in [0.5, 0.6) is 0 Å². The fourth-order valence-corrected chi connectivity index (χ4v) is 3.01. The van der Waals surface area contributed by atoms with Crippen LogP contribution in [-0.2, 0) is 6.54 Å². The van der Waals surface area contributed by atoms with Gasteiger partial charge in [-0.2, -0.15) is 0 Å². The van der Waals surface area contributed by atoms with Gasteiger partial charge in [-0.25, -0.2) is 0 Å². The number of nitrogens with one attached hydrogen (secondary N) is 1. The number of piperidine rings is 1. The average Bonchev–Trinajstić information content (AvgIpc) is 2.59. The molecule has 2 aromatic carbocycles. The first-order valence-electron chi connectivity index (χ1n) is 8.58. The predicted molar refractivity (Wildman–Crippen MR) is 98.9 cm³/mol. The number of carbonyl (C=O) groups is 1. The van der Waals surface area contributed by atoms with E-state index in [0.29, 0.717) is 11.3 Å². The summed E-state index contributed by atoms with van der Waals surface area (Å²) in [6.07, 6.45) is 2.56. The quantitative estimate of drug-likeness (QED) is 0.843. The summed E-state index contributed by atoms with van der Waals surface area (Å²) < 4.78 is 0. The molecule has 0 aliphatic carbocycles. The fourth-order valence-electron chi connectivity index (χ4n) is 3.01. The predicted octanol–water partition coefficient (Wildman–Crippen LogP) is 3.75. The van der Waals surface area contributed by atoms with E-state index in [1.807, 2.05) is 12.1 Å². The molecule has 4 nitrogen and oxygen atoms in total. The molecule has 24 heavy (non-hydrogen) atoms. The van der Waals surface area contributed by atoms with Crippen molar-refractivity contribution in [3.63, 3.8) is 0 Å². The third-order valence-corrected chi connectivity index (χ3v) is 4.67. The van der Waals surface area contributed by atoms with Gasteiger partial charge in [-0.1, -0.05) is 19.1 Å². The highest BCUT2D eigenvalue weighted by molar-refractivity contribution is 6.04. The lowest BCUT2D eigenvalue weighted by atomic mass is 9.99. The highest BCUT2D eigenvalue weighted by atomic mass is 16.1. The summed E-state index contributed by atoms with van der Waals surface area (Å²) >= 11 is 0. The topological polar surface area (TPSA) is 58.4 Å². The molecule has 1 heterocycles. The van der Waals surface area contributed by atoms with Gasteiger partial charge in [0.05, 0.1) is 0 Å². The summed E-state index contributed by atoms with van der Waals surface area (Å²) in [5, 5.41) is 2.89. The molecule has 1 fully saturated rings. The average molecular weight is 323 g/mol. The maximum Gasteiger partial charge on any atom is 0.255 e. The summed E-state index contributed by atoms with van der Waals surface area (Å²) in [5.74, 6) is 0.749. The molecule has 3 rings (SSSR count). The molecule has 0 radical (unpaired) electrons. The molecule has 1 aliphatic heterocycles. The van der Waals surface area contributed by atoms with E-state index in [9.17, 15) is 4.79 Å². The van der Waals surface area contributed by atoms with Crippen molar-refractivity contribution in [3.05, 3.63) is 59.7 Å². The van der Waals surface area contributed by atoms with E-state index >= 15 is 0 Å². The van der Waals surface area contributed by atoms with Crippen LogP contribution in [-0.4, -0.2) is 23.9 Å². The molecule has 1 saturated heterocycles. The van der Waals surface area contributed by atoms with Crippen LogP contribution in [0.15, 0.2) is 48.5 Å². The van der Waals surface area contributed by atoms with Gasteiger partial charge in [-0.05, 0) is 73.8 Å². The first kappa shape index (κ1) is 16.5. The molecule has 0 bridgehead atoms. The maximum absolute atomic E-state index is 12.3. The Labute approximate surface area is 143 Å². The Balaban J connectivity index is 1.57. The van der Waals surface area contributed by atoms with E-state index < -0.39 is 0 Å². The maximum atomic E-state index is 12.3. The van der Waals surface area contributed by atoms with Crippen molar-refractivity contribution in [2.75, 3.05) is 24.1 Å². The molecule has 1 aliphatic rings. The van der Waals surface area contributed by atoms with Gasteiger partial charge in [0, 0.05) is 23.5 Å². The van der Waals surface area contributed by atoms with Crippen molar-refractivity contribution in [2.24, 2.45) is 5.92 Å². The number of nitrogen functional groups attached to an aromatic ring is 1. The van der Waals surface area contributed by atoms with Crippen molar-refractivity contribution < 1.29 is 4.79 Å². The zero-order valence-electron chi connectivity index (χ0n) is 14.2. The summed E-state index contributed by atoms with van der Waals surface area (Å²) in [5.41, 5.74) is 9.02. The van der Waals surface area contributed by atoms with Crippen molar-refractivity contribution in [2.45, 2.75) is 26.3 Å². The van der Waals surface area contributed by atoms with Crippen LogP contribution in [0.4, 0.5) is 11.4 Å². The van der Waals surface area contributed by atoms with Crippen LogP contribution < -0.4 is 11.1 Å². The highest BCUT2D eigenvalue weighted by Gasteiger charge is 2.15. The van der Waals surface area contributed by atoms with Crippen molar-refractivity contribution in [1.29, 1.82) is 0 Å². The molecule has 0 spiro atoms. The molecular weight excluding hydrogens is 298 g/mol. The SMILES string of the molecule is CC1CCN(Cc2ccc(C(=O)Nc3ccc(N)cc3)cc2)CC1. The molecule has 0 atom stereocenters. The van der Waals surface area contributed by atoms with Crippen LogP contribution in [0.25, 0.3) is 0 Å². The summed E-state index contributed by atoms with van der Waals surface area (Å²) in [6, 6.07) is 15.1. The summed E-state index contributed by atoms with van der Waals surface area (Å²) in [7, 11) is 0. The lowest BCUT2D eigenvalue weighted by Gasteiger charge is -2.30. The summed E-state index contributed by atoms with van der Waals surface area (Å²) in [6.45, 7) is 5.62. The minimum absolute atomic E-state index is 0.0990. The van der Waals surface area contributed by atoms with Crippen LogP contribution in [0.1, 0.15) is 35.7 Å². The number of rotatable bonds is 4. The van der Waals surface area contributed by atoms with E-state index in [4.69, 9.17) is 5.73 Å². The molecule has 126 valence electrons. The second-order valence-electron chi connectivity index (χ2n) is 6.73. The van der Waals surface area contributed by atoms with Crippen molar-refractivity contribution >= 4 is 17.3 Å². The summed E-state index contributed by atoms with van der Waals surface area (Å²) in [4.78, 5) is 14.8. The Morgan fingerprint density at radius 3 is 2.33 bits per heavy atom. The standard InChI is InChI=1S/C20H25N3O/c1-15-10-12-23(13-11-15)14-16-2-4-17(5-3-16)20(24)22-19-8-6-18(21)7-9-19/h2-9,15H,10-14,21H2,1H3,(H,22,24). The molecule has 1 amide bonds. The Morgan fingerprint density at radius 1 is 1.08 bits per heavy atom. The molecule has 4 heteroatoms. The van der Waals surface area contributed by atoms with Gasteiger partial charge in [0.25, 0.3) is 5.91 Å². The zero-order valence-corrected chi connectivity index (χ0v) is 14.2. The van der Waals surface area contributed by atoms with Crippen molar-refractivity contribution in [3.8, 4) is 0 Å². The van der Waals surface area contributed by atoms with Crippen molar-refractivity contribution in [1.82, 2.24) is 4.90 Å². The first-order chi connectivity index (χ1) is 11.6. The van der Waals surface area contributed by atoms with Gasteiger partial charge in [-0.3, -0.25) is 9.69 Å². The second kappa shape index (κ2) is 7.49. The number of nitrogens with zero attached hydrogens (tertiary/aromatic N) is 1. The van der Waals surface area contributed by atoms with Gasteiger partial charge in [0.15, 0.2) is 0 Å². The number of hydrogen-bond donors (Lipinski definition) is 2. The monoisotopic (exact) mass is 323 g/mol. The third-order valence-electron chi connectivity index (χ3n) is 4.67. The van der Waals surface area contributed by atoms with Gasteiger partial charge < -0.3 is 11.1 Å². The number of amides is 1. The van der Waals surface area contributed by atoms with Gasteiger partial charge in [0.2, 0.25) is 0 Å². The second-order valence-corrected chi connectivity index (χ2v) is 6.73. The smallest absolute Gasteiger partial charge is 0.255 e. The highest BCUT2D eigenvalue weighted by Crippen LogP contribution is 2.18. The molecule has 2 aromatic rings. The van der Waals surface area contributed by atoms with Crippen LogP contribution >= 0.6 is 0 Å². The Kier molecular flexibility index (Phi) is 5.16. The number of anilines is 2. The lowest BCUT2D eigenvalue weighted by molar-refractivity contribution is 0.102. The first-order valence-corrected chi connectivity index (χ1v) is 8.58. The van der Waals surface area contributed by atoms with E-state index in [1.54, 1.807) is 24.3 Å². The van der Waals surface area contributed by atoms with Gasteiger partial charge in [-0.15, -0.1) is 0 Å². The zero-order chi connectivity index (χ0) is 16.9. The molecule has 3 N–H and O–H groups in total. The van der Waals surface area contributed by atoms with Gasteiger partial charge in [0.1, 0.15) is 0 Å². The lowest BCUT2D eigenvalue weighted by Crippen LogP contribution is -2.32. The number of carbonyl (C=O) groups excluding carboxylic acids is 1. The molecule has 0 aromatic heterocycles. The Hall–Kier alpha value is -2.33. The van der Waals surface area contributed by atoms with E-state index in [0.717, 1.165) is 18.2 Å². The number of benzene rings is 2. The van der Waals surface area contributed by atoms with E-state index in [1.165, 1.54) is 31.5 Å². The van der Waals surface area contributed by atoms with Crippen LogP contribution in [0.2, 0.25) is 0 Å². The van der Waals surface area contributed by atoms with E-state index in [-0.39, 0.29) is 5.91 Å². The van der Waals surface area contributed by atoms with Crippen LogP contribution in [0, 0.1) is 5.92 Å². The number of hydrogen-bond acceptors (Lipinski definition) is 3. The van der Waals surface area contributed by atoms with Crippen LogP contribution in [0.3, 0.4) is 0 Å². The minimum atomic E-state index is -0.0990. The third kappa shape index (κ3) is 4.36. The fraction of sp³-hybridized carbons (Fsp3) is 0.350. The normalized spacial score (nSPS) is 16.0. The number of nitrogens with two attached hydrogens (primary N) is 1. The Bertz CT molecular complexity index is 671. The van der Waals surface area contributed by atoms with Gasteiger partial charge >= 0.3 is 0 Å². The largest absolute Gasteiger partial charge is 0.399 e. The van der Waals surface area contributed by atoms with E-state index in [2.05, 4.69) is 29.3 Å². The molecular formula is C20H25N3O. The molecule has 0 saturated carbocycles. The minimum Gasteiger partial charge on any atom is -0.399 e.